The van der Waals surface area contributed by atoms with Crippen LogP contribution in [0.5, 0.6) is 0 Å². The first-order valence-electron chi connectivity index (χ1n) is 6.83. The molecule has 0 bridgehead atoms. The normalized spacial score (nSPS) is 10.4. The molecule has 0 radical (unpaired) electrons. The van der Waals surface area contributed by atoms with Crippen molar-refractivity contribution in [2.75, 3.05) is 20.1 Å². The van der Waals surface area contributed by atoms with Crippen molar-refractivity contribution in [3.8, 4) is 11.8 Å². The lowest BCUT2D eigenvalue weighted by atomic mass is 10.1. The predicted octanol–water partition coefficient (Wildman–Crippen LogP) is 2.76. The average molecular weight is 262 g/mol. The largest absolute Gasteiger partial charge is 0.320 e. The molecule has 0 unspecified atom stereocenters. The van der Waals surface area contributed by atoms with Crippen molar-refractivity contribution >= 4 is 0 Å². The van der Waals surface area contributed by atoms with Gasteiger partial charge in [0.25, 0.3) is 0 Å². The number of hydrogen-bond acceptors (Lipinski definition) is 2. The van der Waals surface area contributed by atoms with Crippen LogP contribution in [0.1, 0.15) is 37.3 Å². The van der Waals surface area contributed by atoms with Gasteiger partial charge in [-0.05, 0) is 37.7 Å². The lowest BCUT2D eigenvalue weighted by molar-refractivity contribution is 0.318. The molecule has 2 N–H and O–H groups in total. The highest BCUT2D eigenvalue weighted by molar-refractivity contribution is 5.41. The molecule has 0 aliphatic carbocycles. The molecule has 1 aromatic rings. The first kappa shape index (κ1) is 15.7. The van der Waals surface area contributed by atoms with Crippen molar-refractivity contribution in [3.63, 3.8) is 0 Å². The third kappa shape index (κ3) is 5.87. The van der Waals surface area contributed by atoms with Gasteiger partial charge < -0.3 is 10.6 Å². The standard InChI is InChI=1S/C16H23FN2/c1-3-4-5-11-19(2)13-15-8-9-16(17)12-14(15)7-6-10-18/h8-9,12H,3-5,10-11,13,18H2,1-2H3. The third-order valence-electron chi connectivity index (χ3n) is 2.98. The minimum Gasteiger partial charge on any atom is -0.320 e. The van der Waals surface area contributed by atoms with Crippen molar-refractivity contribution in [2.45, 2.75) is 32.7 Å². The lowest BCUT2D eigenvalue weighted by Crippen LogP contribution is -2.19. The monoisotopic (exact) mass is 262 g/mol. The Morgan fingerprint density at radius 1 is 1.32 bits per heavy atom. The van der Waals surface area contributed by atoms with Crippen molar-refractivity contribution in [1.29, 1.82) is 0 Å². The molecule has 3 heteroatoms. The van der Waals surface area contributed by atoms with Gasteiger partial charge in [-0.3, -0.25) is 0 Å². The molecule has 104 valence electrons. The van der Waals surface area contributed by atoms with E-state index >= 15 is 0 Å². The van der Waals surface area contributed by atoms with E-state index in [-0.39, 0.29) is 5.82 Å². The van der Waals surface area contributed by atoms with Crippen molar-refractivity contribution in [1.82, 2.24) is 4.90 Å². The Labute approximate surface area is 115 Å². The minimum absolute atomic E-state index is 0.251. The van der Waals surface area contributed by atoms with Crippen LogP contribution in [-0.2, 0) is 6.54 Å². The van der Waals surface area contributed by atoms with Crippen LogP contribution in [0.2, 0.25) is 0 Å². The van der Waals surface area contributed by atoms with Crippen LogP contribution in [0.3, 0.4) is 0 Å². The van der Waals surface area contributed by atoms with Crippen molar-refractivity contribution in [2.24, 2.45) is 5.73 Å². The maximum Gasteiger partial charge on any atom is 0.124 e. The minimum atomic E-state index is -0.251. The van der Waals surface area contributed by atoms with Crippen LogP contribution in [-0.4, -0.2) is 25.0 Å². The van der Waals surface area contributed by atoms with Crippen molar-refractivity contribution < 1.29 is 4.39 Å². The van der Waals surface area contributed by atoms with E-state index in [1.54, 1.807) is 0 Å². The molecule has 1 rings (SSSR count). The zero-order chi connectivity index (χ0) is 14.1. The SMILES string of the molecule is CCCCCN(C)Cc1ccc(F)cc1C#CCN. The molecule has 0 amide bonds. The number of rotatable bonds is 6. The molecular formula is C16H23FN2. The summed E-state index contributed by atoms with van der Waals surface area (Å²) >= 11 is 0. The van der Waals surface area contributed by atoms with Gasteiger partial charge in [0.05, 0.1) is 6.54 Å². The van der Waals surface area contributed by atoms with Crippen LogP contribution in [0.4, 0.5) is 4.39 Å². The molecule has 0 atom stereocenters. The second-order valence-corrected chi connectivity index (χ2v) is 4.75. The molecule has 0 aliphatic heterocycles. The Morgan fingerprint density at radius 3 is 2.79 bits per heavy atom. The summed E-state index contributed by atoms with van der Waals surface area (Å²) in [6, 6.07) is 4.78. The summed E-state index contributed by atoms with van der Waals surface area (Å²) < 4.78 is 13.2. The number of benzene rings is 1. The Balaban J connectivity index is 2.71. The van der Waals surface area contributed by atoms with Crippen LogP contribution in [0.15, 0.2) is 18.2 Å². The number of nitrogens with zero attached hydrogens (tertiary/aromatic N) is 1. The number of hydrogen-bond donors (Lipinski definition) is 1. The fourth-order valence-corrected chi connectivity index (χ4v) is 1.95. The summed E-state index contributed by atoms with van der Waals surface area (Å²) in [5, 5.41) is 0. The maximum atomic E-state index is 13.2. The fourth-order valence-electron chi connectivity index (χ4n) is 1.95. The van der Waals surface area contributed by atoms with E-state index in [9.17, 15) is 4.39 Å². The predicted molar refractivity (Wildman–Crippen MR) is 78.2 cm³/mol. The Kier molecular flexibility index (Phi) is 7.17. The number of halogens is 1. The van der Waals surface area contributed by atoms with E-state index in [1.807, 2.05) is 6.07 Å². The average Bonchev–Trinajstić information content (AvgIpc) is 2.39. The zero-order valence-electron chi connectivity index (χ0n) is 11.9. The molecule has 0 aromatic heterocycles. The van der Waals surface area contributed by atoms with Gasteiger partial charge in [-0.25, -0.2) is 4.39 Å². The molecule has 0 saturated carbocycles. The van der Waals surface area contributed by atoms with Gasteiger partial charge in [0.1, 0.15) is 5.82 Å². The third-order valence-corrected chi connectivity index (χ3v) is 2.98. The fraction of sp³-hybridized carbons (Fsp3) is 0.500. The Bertz CT molecular complexity index is 446. The summed E-state index contributed by atoms with van der Waals surface area (Å²) in [6.07, 6.45) is 3.66. The summed E-state index contributed by atoms with van der Waals surface area (Å²) in [5.74, 6) is 5.48. The molecular weight excluding hydrogens is 239 g/mol. The highest BCUT2D eigenvalue weighted by Crippen LogP contribution is 2.13. The van der Waals surface area contributed by atoms with Gasteiger partial charge in [0.2, 0.25) is 0 Å². The summed E-state index contributed by atoms with van der Waals surface area (Å²) in [4.78, 5) is 2.25. The van der Waals surface area contributed by atoms with E-state index in [0.29, 0.717) is 6.54 Å². The van der Waals surface area contributed by atoms with E-state index in [4.69, 9.17) is 5.73 Å². The molecule has 2 nitrogen and oxygen atoms in total. The molecule has 1 aromatic carbocycles. The quantitative estimate of drug-likeness (QED) is 0.631. The zero-order valence-corrected chi connectivity index (χ0v) is 11.9. The highest BCUT2D eigenvalue weighted by Gasteiger charge is 2.05. The Hall–Kier alpha value is -1.37. The topological polar surface area (TPSA) is 29.3 Å². The van der Waals surface area contributed by atoms with Crippen LogP contribution in [0, 0.1) is 17.7 Å². The number of nitrogens with two attached hydrogens (primary N) is 1. The highest BCUT2D eigenvalue weighted by atomic mass is 19.1. The second kappa shape index (κ2) is 8.68. The van der Waals surface area contributed by atoms with Gasteiger partial charge in [-0.15, -0.1) is 0 Å². The second-order valence-electron chi connectivity index (χ2n) is 4.75. The van der Waals surface area contributed by atoms with Crippen LogP contribution >= 0.6 is 0 Å². The molecule has 0 saturated heterocycles. The number of unbranched alkanes of at least 4 members (excludes halogenated alkanes) is 2. The first-order chi connectivity index (χ1) is 9.17. The van der Waals surface area contributed by atoms with E-state index in [0.717, 1.165) is 24.2 Å². The molecule has 19 heavy (non-hydrogen) atoms. The van der Waals surface area contributed by atoms with E-state index in [2.05, 4.69) is 30.7 Å². The summed E-state index contributed by atoms with van der Waals surface area (Å²) in [6.45, 7) is 4.33. The summed E-state index contributed by atoms with van der Waals surface area (Å²) in [7, 11) is 2.08. The van der Waals surface area contributed by atoms with Gasteiger partial charge in [-0.2, -0.15) is 0 Å². The maximum absolute atomic E-state index is 13.2. The van der Waals surface area contributed by atoms with Crippen LogP contribution < -0.4 is 5.73 Å². The molecule has 0 fully saturated rings. The van der Waals surface area contributed by atoms with Crippen LogP contribution in [0.25, 0.3) is 0 Å². The van der Waals surface area contributed by atoms with Gasteiger partial charge in [0.15, 0.2) is 0 Å². The molecule has 0 heterocycles. The van der Waals surface area contributed by atoms with Gasteiger partial charge in [-0.1, -0.05) is 37.7 Å². The van der Waals surface area contributed by atoms with Gasteiger partial charge in [0, 0.05) is 12.1 Å². The first-order valence-corrected chi connectivity index (χ1v) is 6.83. The van der Waals surface area contributed by atoms with Gasteiger partial charge >= 0.3 is 0 Å². The summed E-state index contributed by atoms with van der Waals surface area (Å²) in [5.41, 5.74) is 7.17. The molecule has 0 aliphatic rings. The molecule has 0 spiro atoms. The lowest BCUT2D eigenvalue weighted by Gasteiger charge is -2.17. The van der Waals surface area contributed by atoms with E-state index < -0.39 is 0 Å². The van der Waals surface area contributed by atoms with E-state index in [1.165, 1.54) is 31.4 Å². The van der Waals surface area contributed by atoms with Crippen molar-refractivity contribution in [3.05, 3.63) is 35.1 Å². The smallest absolute Gasteiger partial charge is 0.124 e. The Morgan fingerprint density at radius 2 is 2.11 bits per heavy atom.